The van der Waals surface area contributed by atoms with E-state index in [2.05, 4.69) is 9.98 Å². The Hall–Kier alpha value is -1.32. The summed E-state index contributed by atoms with van der Waals surface area (Å²) in [6.07, 6.45) is 5.40. The average Bonchev–Trinajstić information content (AvgIpc) is 2.52. The van der Waals surface area contributed by atoms with E-state index in [-0.39, 0.29) is 0 Å². The van der Waals surface area contributed by atoms with Crippen LogP contribution >= 0.6 is 0 Å². The molecule has 1 aromatic heterocycles. The number of aryl methyl sites for hydroxylation is 1. The van der Waals surface area contributed by atoms with Gasteiger partial charge in [-0.05, 0) is 0 Å². The second-order valence-electron chi connectivity index (χ2n) is 2.93. The molecule has 0 fully saturated rings. The number of imidazole rings is 1. The lowest BCUT2D eigenvalue weighted by Crippen LogP contribution is -2.11. The maximum Gasteiger partial charge on any atom is 0.110 e. The van der Waals surface area contributed by atoms with Crippen LogP contribution in [0.15, 0.2) is 17.4 Å². The first kappa shape index (κ1) is 9.77. The molecule has 0 saturated heterocycles. The molecule has 0 radical (unpaired) electrons. The van der Waals surface area contributed by atoms with E-state index in [9.17, 15) is 0 Å². The molecule has 0 saturated carbocycles. The summed E-state index contributed by atoms with van der Waals surface area (Å²) < 4.78 is 2.00. The molecule has 0 unspecified atom stereocenters. The Morgan fingerprint density at radius 1 is 1.69 bits per heavy atom. The smallest absolute Gasteiger partial charge is 0.110 e. The van der Waals surface area contributed by atoms with E-state index in [1.807, 2.05) is 24.7 Å². The quantitative estimate of drug-likeness (QED) is 0.548. The standard InChI is InChI=1S/C9H16N4/c1-3-8(10)11-5-4-9-12-6-7-13(9)2/h6-7H,3-5H2,1-2H3,(H2,10,11). The van der Waals surface area contributed by atoms with Crippen molar-refractivity contribution in [2.45, 2.75) is 19.8 Å². The number of nitrogens with two attached hydrogens (primary N) is 1. The molecule has 0 bridgehead atoms. The summed E-state index contributed by atoms with van der Waals surface area (Å²) in [4.78, 5) is 8.39. The zero-order valence-corrected chi connectivity index (χ0v) is 8.20. The van der Waals surface area contributed by atoms with E-state index in [1.54, 1.807) is 6.20 Å². The highest BCUT2D eigenvalue weighted by molar-refractivity contribution is 5.79. The zero-order chi connectivity index (χ0) is 9.68. The van der Waals surface area contributed by atoms with Crippen LogP contribution in [0.2, 0.25) is 0 Å². The molecule has 0 amide bonds. The predicted octanol–water partition coefficient (Wildman–Crippen LogP) is 0.730. The van der Waals surface area contributed by atoms with Gasteiger partial charge >= 0.3 is 0 Å². The second-order valence-corrected chi connectivity index (χ2v) is 2.93. The van der Waals surface area contributed by atoms with Gasteiger partial charge in [0.25, 0.3) is 0 Å². The minimum absolute atomic E-state index is 0.717. The van der Waals surface area contributed by atoms with Crippen molar-refractivity contribution in [3.8, 4) is 0 Å². The minimum atomic E-state index is 0.717. The van der Waals surface area contributed by atoms with Crippen LogP contribution in [0.25, 0.3) is 0 Å². The fourth-order valence-corrected chi connectivity index (χ4v) is 1.05. The van der Waals surface area contributed by atoms with Gasteiger partial charge in [-0.15, -0.1) is 0 Å². The maximum absolute atomic E-state index is 5.57. The van der Waals surface area contributed by atoms with Gasteiger partial charge in [-0.1, -0.05) is 6.92 Å². The highest BCUT2D eigenvalue weighted by Gasteiger charge is 1.97. The number of aliphatic imine (C=N–C) groups is 1. The molecule has 0 aromatic carbocycles. The van der Waals surface area contributed by atoms with Crippen LogP contribution in [0.4, 0.5) is 0 Å². The lowest BCUT2D eigenvalue weighted by atomic mass is 10.4. The average molecular weight is 180 g/mol. The SMILES string of the molecule is CCC(N)=NCCc1nccn1C. The Labute approximate surface area is 78.5 Å². The fraction of sp³-hybridized carbons (Fsp3) is 0.556. The Morgan fingerprint density at radius 2 is 2.46 bits per heavy atom. The molecular formula is C9H16N4. The summed E-state index contributed by atoms with van der Waals surface area (Å²) in [5, 5.41) is 0. The molecule has 4 nitrogen and oxygen atoms in total. The molecule has 0 aliphatic rings. The maximum atomic E-state index is 5.57. The number of rotatable bonds is 4. The summed E-state index contributed by atoms with van der Waals surface area (Å²) in [5.41, 5.74) is 5.57. The third kappa shape index (κ3) is 2.89. The van der Waals surface area contributed by atoms with E-state index in [1.165, 1.54) is 0 Å². The van der Waals surface area contributed by atoms with Gasteiger partial charge in [0.2, 0.25) is 0 Å². The summed E-state index contributed by atoms with van der Waals surface area (Å²) in [6, 6.07) is 0. The highest BCUT2D eigenvalue weighted by atomic mass is 15.0. The summed E-state index contributed by atoms with van der Waals surface area (Å²) in [6.45, 7) is 2.73. The first-order valence-corrected chi connectivity index (χ1v) is 4.49. The Morgan fingerprint density at radius 3 is 3.00 bits per heavy atom. The van der Waals surface area contributed by atoms with Crippen LogP contribution in [-0.4, -0.2) is 21.9 Å². The summed E-state index contributed by atoms with van der Waals surface area (Å²) in [5.74, 6) is 1.77. The number of amidine groups is 1. The van der Waals surface area contributed by atoms with Crippen molar-refractivity contribution in [2.75, 3.05) is 6.54 Å². The molecule has 0 aliphatic carbocycles. The highest BCUT2D eigenvalue weighted by Crippen LogP contribution is 1.95. The zero-order valence-electron chi connectivity index (χ0n) is 8.20. The molecule has 1 heterocycles. The van der Waals surface area contributed by atoms with Gasteiger partial charge in [0, 0.05) is 38.8 Å². The molecule has 1 rings (SSSR count). The van der Waals surface area contributed by atoms with Crippen molar-refractivity contribution in [3.63, 3.8) is 0 Å². The molecule has 72 valence electrons. The third-order valence-electron chi connectivity index (χ3n) is 1.93. The molecule has 0 spiro atoms. The fourth-order valence-electron chi connectivity index (χ4n) is 1.05. The monoisotopic (exact) mass is 180 g/mol. The molecule has 4 heteroatoms. The number of aromatic nitrogens is 2. The molecule has 1 aromatic rings. The van der Waals surface area contributed by atoms with Gasteiger partial charge in [0.15, 0.2) is 0 Å². The summed E-state index contributed by atoms with van der Waals surface area (Å²) in [7, 11) is 1.98. The number of hydrogen-bond acceptors (Lipinski definition) is 2. The van der Waals surface area contributed by atoms with E-state index in [4.69, 9.17) is 5.73 Å². The third-order valence-corrected chi connectivity index (χ3v) is 1.93. The first-order chi connectivity index (χ1) is 6.24. The summed E-state index contributed by atoms with van der Waals surface area (Å²) >= 11 is 0. The molecular weight excluding hydrogens is 164 g/mol. The number of hydrogen-bond donors (Lipinski definition) is 1. The lowest BCUT2D eigenvalue weighted by Gasteiger charge is -1.99. The molecule has 0 aliphatic heterocycles. The van der Waals surface area contributed by atoms with Gasteiger partial charge in [-0.2, -0.15) is 0 Å². The molecule has 2 N–H and O–H groups in total. The van der Waals surface area contributed by atoms with Crippen LogP contribution in [-0.2, 0) is 13.5 Å². The van der Waals surface area contributed by atoms with Gasteiger partial charge < -0.3 is 10.3 Å². The van der Waals surface area contributed by atoms with Crippen molar-refractivity contribution >= 4 is 5.84 Å². The Bertz CT molecular complexity index is 288. The predicted molar refractivity (Wildman–Crippen MR) is 53.7 cm³/mol. The van der Waals surface area contributed by atoms with Gasteiger partial charge in [0.05, 0.1) is 5.84 Å². The Kier molecular flexibility index (Phi) is 3.49. The van der Waals surface area contributed by atoms with Gasteiger partial charge in [-0.25, -0.2) is 4.98 Å². The van der Waals surface area contributed by atoms with Crippen LogP contribution in [0.3, 0.4) is 0 Å². The van der Waals surface area contributed by atoms with E-state index >= 15 is 0 Å². The van der Waals surface area contributed by atoms with Crippen molar-refractivity contribution in [2.24, 2.45) is 17.8 Å². The van der Waals surface area contributed by atoms with Gasteiger partial charge in [-0.3, -0.25) is 4.99 Å². The van der Waals surface area contributed by atoms with Crippen molar-refractivity contribution in [1.29, 1.82) is 0 Å². The van der Waals surface area contributed by atoms with E-state index < -0.39 is 0 Å². The van der Waals surface area contributed by atoms with Crippen LogP contribution in [0.5, 0.6) is 0 Å². The van der Waals surface area contributed by atoms with Gasteiger partial charge in [0.1, 0.15) is 5.82 Å². The Balaban J connectivity index is 2.40. The number of nitrogens with zero attached hydrogens (tertiary/aromatic N) is 3. The largest absolute Gasteiger partial charge is 0.387 e. The second kappa shape index (κ2) is 4.64. The normalized spacial score (nSPS) is 12.0. The minimum Gasteiger partial charge on any atom is -0.387 e. The van der Waals surface area contributed by atoms with Crippen molar-refractivity contribution in [3.05, 3.63) is 18.2 Å². The van der Waals surface area contributed by atoms with Crippen LogP contribution < -0.4 is 5.73 Å². The van der Waals surface area contributed by atoms with Crippen LogP contribution in [0, 0.1) is 0 Å². The molecule has 13 heavy (non-hydrogen) atoms. The van der Waals surface area contributed by atoms with Crippen molar-refractivity contribution < 1.29 is 0 Å². The van der Waals surface area contributed by atoms with E-state index in [0.29, 0.717) is 5.84 Å². The van der Waals surface area contributed by atoms with Crippen molar-refractivity contribution in [1.82, 2.24) is 9.55 Å². The molecule has 0 atom stereocenters. The van der Waals surface area contributed by atoms with Crippen LogP contribution in [0.1, 0.15) is 19.2 Å². The van der Waals surface area contributed by atoms with E-state index in [0.717, 1.165) is 25.2 Å². The topological polar surface area (TPSA) is 56.2 Å². The first-order valence-electron chi connectivity index (χ1n) is 4.49. The lowest BCUT2D eigenvalue weighted by molar-refractivity contribution is 0.777.